The lowest BCUT2D eigenvalue weighted by molar-refractivity contribution is -0.150. The number of unbranched alkanes of at least 4 members (excludes halogenated alkanes) is 1. The van der Waals surface area contributed by atoms with Gasteiger partial charge in [-0.2, -0.15) is 23.5 Å². The van der Waals surface area contributed by atoms with Crippen LogP contribution in [0.4, 0.5) is 8.78 Å². The molecule has 9 aliphatic rings. The molecule has 8 fully saturated rings. The van der Waals surface area contributed by atoms with Gasteiger partial charge in [-0.05, 0) is 163 Å². The van der Waals surface area contributed by atoms with Crippen LogP contribution in [0.15, 0.2) is 24.3 Å². The van der Waals surface area contributed by atoms with E-state index in [9.17, 15) is 33.9 Å². The van der Waals surface area contributed by atoms with Crippen molar-refractivity contribution >= 4 is 88.6 Å². The molecular formula is C70H107F2N15O12S2. The number of nitrogens with one attached hydrogen (secondary N) is 11. The van der Waals surface area contributed by atoms with Crippen LogP contribution < -0.4 is 70.0 Å². The summed E-state index contributed by atoms with van der Waals surface area (Å²) in [6, 6.07) is -3.12. The van der Waals surface area contributed by atoms with E-state index in [0.717, 1.165) is 43.2 Å². The van der Waals surface area contributed by atoms with E-state index >= 15 is 32.8 Å². The van der Waals surface area contributed by atoms with Gasteiger partial charge in [0.05, 0.1) is 13.0 Å². The molecule has 31 heteroatoms. The van der Waals surface area contributed by atoms with Gasteiger partial charge >= 0.3 is 5.97 Å². The van der Waals surface area contributed by atoms with Crippen molar-refractivity contribution in [2.75, 3.05) is 64.0 Å². The van der Waals surface area contributed by atoms with E-state index in [1.54, 1.807) is 0 Å². The molecule has 5 saturated heterocycles. The fraction of sp³-hybridized carbons (Fsp3) is 0.757. The molecule has 560 valence electrons. The molecule has 18 atom stereocenters. The molecule has 0 aromatic heterocycles. The van der Waals surface area contributed by atoms with Gasteiger partial charge in [-0.1, -0.05) is 56.4 Å². The minimum absolute atomic E-state index is 0.0265. The topological polar surface area (TPSA) is 399 Å². The van der Waals surface area contributed by atoms with Gasteiger partial charge < -0.3 is 84.9 Å². The van der Waals surface area contributed by atoms with Crippen molar-refractivity contribution < 1.29 is 66.6 Å². The average molecular weight is 1450 g/mol. The Morgan fingerprint density at radius 3 is 1.87 bits per heavy atom. The number of hydrogen-bond donors (Lipinski definition) is 14. The molecule has 2 bridgehead atoms. The number of carboxylic acid groups (broad SMARTS) is 1. The van der Waals surface area contributed by atoms with Crippen LogP contribution in [-0.2, 0) is 64.2 Å². The Morgan fingerprint density at radius 2 is 1.23 bits per heavy atom. The molecule has 6 aliphatic heterocycles. The Kier molecular flexibility index (Phi) is 28.7. The molecule has 27 nitrogen and oxygen atoms in total. The summed E-state index contributed by atoms with van der Waals surface area (Å²) in [5.41, 5.74) is 13.7. The lowest BCUT2D eigenvalue weighted by atomic mass is 9.76. The number of amides is 10. The van der Waals surface area contributed by atoms with Gasteiger partial charge in [-0.25, -0.2) is 8.78 Å². The van der Waals surface area contributed by atoms with E-state index in [2.05, 4.69) is 58.5 Å². The maximum Gasteiger partial charge on any atom is 0.305 e. The summed E-state index contributed by atoms with van der Waals surface area (Å²) in [5, 5.41) is 43.3. The zero-order valence-electron chi connectivity index (χ0n) is 57.9. The summed E-state index contributed by atoms with van der Waals surface area (Å²) in [5.74, 6) is -8.56. The standard InChI is InChI=1S/C70H107F2N15O12S2/c71-44-14-16-50-48(27-44)42(31-76-50)25-53-65(94)82-54(26-43-32-77-51-17-15-45(72)28-49(43)51)66(95)83-55(30-61(90)91)67(96)84-56(29-46-33-75-38-79-46)69(98)87-22-18-47(41-10-2-1-3-11-41)62(87)70(99)86-21-7-13-58(86)68(97)85-57(63(74)92)37-101-36-40-9-6-8-39(24-40)35-100-23-19-59(88)80-52(12-4-5-20-73)64(93)78-34-60(89)81-53/h6,8-9,24,41-58,62,75-77,79H,1-5,7,10-23,25-38,73H2,(H2,74,92)(H,78,93)(H,80,88)(H,81,89)(H,82,94)(H,83,95)(H,84,96)(H,85,97)(H,90,91)/t42?,43?,44?,45?,46?,47-,48?,49?,50?,51?,52-,53-,54-,55-,56-,57-,58-,62-/m0/s1. The molecule has 9 unspecified atom stereocenters. The van der Waals surface area contributed by atoms with Crippen molar-refractivity contribution in [2.24, 2.45) is 47.0 Å². The first-order valence-corrected chi connectivity index (χ1v) is 39.3. The van der Waals surface area contributed by atoms with E-state index < -0.39 is 151 Å². The molecular weight excluding hydrogens is 1340 g/mol. The summed E-state index contributed by atoms with van der Waals surface area (Å²) in [6.07, 6.45) is 5.79. The Bertz CT molecular complexity index is 3080. The Hall–Kier alpha value is -6.25. The van der Waals surface area contributed by atoms with Gasteiger partial charge in [0.2, 0.25) is 59.1 Å². The second kappa shape index (κ2) is 37.4. The number of alkyl halides is 2. The highest BCUT2D eigenvalue weighted by Crippen LogP contribution is 2.43. The number of primary amides is 1. The maximum atomic E-state index is 15.7. The van der Waals surface area contributed by atoms with E-state index in [-0.39, 0.29) is 112 Å². The van der Waals surface area contributed by atoms with Crippen molar-refractivity contribution in [2.45, 2.75) is 232 Å². The van der Waals surface area contributed by atoms with Gasteiger partial charge in [0.1, 0.15) is 60.7 Å². The molecule has 3 saturated carbocycles. The smallest absolute Gasteiger partial charge is 0.305 e. The van der Waals surface area contributed by atoms with Gasteiger partial charge in [-0.15, -0.1) is 0 Å². The van der Waals surface area contributed by atoms with Crippen LogP contribution in [0.2, 0.25) is 0 Å². The van der Waals surface area contributed by atoms with E-state index in [0.29, 0.717) is 101 Å². The number of carbonyl (C=O) groups is 11. The third kappa shape index (κ3) is 21.2. The highest BCUT2D eigenvalue weighted by atomic mass is 32.2. The monoisotopic (exact) mass is 1450 g/mol. The lowest BCUT2D eigenvalue weighted by Gasteiger charge is -2.38. The van der Waals surface area contributed by atoms with Crippen LogP contribution in [0, 0.1) is 35.5 Å². The van der Waals surface area contributed by atoms with Crippen molar-refractivity contribution in [1.29, 1.82) is 0 Å². The predicted octanol–water partition coefficient (Wildman–Crippen LogP) is 0.601. The number of carbonyl (C=O) groups excluding carboxylic acids is 10. The van der Waals surface area contributed by atoms with E-state index in [1.807, 2.05) is 24.3 Å². The number of nitrogens with zero attached hydrogens (tertiary/aromatic N) is 2. The van der Waals surface area contributed by atoms with Crippen LogP contribution in [0.25, 0.3) is 0 Å². The summed E-state index contributed by atoms with van der Waals surface area (Å²) in [4.78, 5) is 162. The van der Waals surface area contributed by atoms with Crippen LogP contribution in [-0.4, -0.2) is 223 Å². The van der Waals surface area contributed by atoms with Crippen molar-refractivity contribution in [3.63, 3.8) is 0 Å². The number of aliphatic carboxylic acids is 1. The number of rotatable bonds is 14. The van der Waals surface area contributed by atoms with Crippen molar-refractivity contribution in [3.8, 4) is 0 Å². The van der Waals surface area contributed by atoms with Gasteiger partial charge in [0, 0.05) is 73.9 Å². The summed E-state index contributed by atoms with van der Waals surface area (Å²) in [6.45, 7) is 1.50. The largest absolute Gasteiger partial charge is 0.481 e. The number of fused-ring (bicyclic) bond motifs is 6. The van der Waals surface area contributed by atoms with Gasteiger partial charge in [0.15, 0.2) is 0 Å². The van der Waals surface area contributed by atoms with Gasteiger partial charge in [-0.3, -0.25) is 52.7 Å². The molecule has 10 rings (SSSR count). The first-order valence-electron chi connectivity index (χ1n) is 37.0. The number of hydrogen-bond acceptors (Lipinski definition) is 18. The minimum atomic E-state index is -1.86. The van der Waals surface area contributed by atoms with Crippen LogP contribution in [0.5, 0.6) is 0 Å². The third-order valence-electron chi connectivity index (χ3n) is 22.6. The molecule has 1 aromatic rings. The highest BCUT2D eigenvalue weighted by Gasteiger charge is 2.52. The van der Waals surface area contributed by atoms with Crippen LogP contribution in [0.1, 0.15) is 152 Å². The average Bonchev–Trinajstić information content (AvgIpc) is 1.65. The van der Waals surface area contributed by atoms with Crippen molar-refractivity contribution in [1.82, 2.24) is 68.3 Å². The molecule has 101 heavy (non-hydrogen) atoms. The zero-order chi connectivity index (χ0) is 71.7. The number of thioether (sulfide) groups is 2. The normalized spacial score (nSPS) is 34.7. The van der Waals surface area contributed by atoms with Crippen LogP contribution in [0.3, 0.4) is 0 Å². The van der Waals surface area contributed by atoms with Crippen molar-refractivity contribution in [3.05, 3.63) is 35.4 Å². The first kappa shape index (κ1) is 77.4. The summed E-state index contributed by atoms with van der Waals surface area (Å²) in [7, 11) is 0. The fourth-order valence-corrected chi connectivity index (χ4v) is 19.3. The first-order chi connectivity index (χ1) is 48.7. The lowest BCUT2D eigenvalue weighted by Crippen LogP contribution is -2.61. The second-order valence-electron chi connectivity index (χ2n) is 29.6. The molecule has 1 aromatic carbocycles. The summed E-state index contributed by atoms with van der Waals surface area (Å²) < 4.78 is 30.5. The van der Waals surface area contributed by atoms with E-state index in [4.69, 9.17) is 11.5 Å². The number of benzene rings is 1. The molecule has 3 aliphatic carbocycles. The van der Waals surface area contributed by atoms with E-state index in [1.165, 1.54) is 33.3 Å². The van der Waals surface area contributed by atoms with Crippen LogP contribution >= 0.6 is 23.5 Å². The molecule has 10 amide bonds. The molecule has 0 radical (unpaired) electrons. The highest BCUT2D eigenvalue weighted by molar-refractivity contribution is 7.98. The predicted molar refractivity (Wildman–Crippen MR) is 376 cm³/mol. The molecule has 6 heterocycles. The molecule has 16 N–H and O–H groups in total. The number of carboxylic acids is 1. The number of halogens is 2. The SMILES string of the molecule is NCCCC[C@@H]1NC(=O)CCSCc2cccc(c2)CSC[C@@H](C(N)=O)NC(=O)[C@@H]2CCCN2C(=O)[C@@H]2[C@H](C3CCCCC3)CCN2C(=O)[C@H](CC2CNCN2)NC(=O)[C@H](CC(=O)O)NC(=O)[C@H](CC2CNC3CCC(F)CC23)NC(=O)[C@H](CC2CNC3CCC(F)CC23)NC(=O)CNC1=O. The minimum Gasteiger partial charge on any atom is -0.481 e. The van der Waals surface area contributed by atoms with Gasteiger partial charge in [0.25, 0.3) is 0 Å². The Labute approximate surface area is 598 Å². The Morgan fingerprint density at radius 1 is 0.594 bits per heavy atom. The fourth-order valence-electron chi connectivity index (χ4n) is 17.3. The Balaban J connectivity index is 0.960. The third-order valence-corrected chi connectivity index (χ3v) is 24.8. The molecule has 0 spiro atoms. The zero-order valence-corrected chi connectivity index (χ0v) is 59.5. The summed E-state index contributed by atoms with van der Waals surface area (Å²) >= 11 is 2.90. The quantitative estimate of drug-likeness (QED) is 0.113. The second-order valence-corrected chi connectivity index (χ2v) is 31.7. The maximum absolute atomic E-state index is 15.7. The number of nitrogens with two attached hydrogens (primary N) is 2.